The van der Waals surface area contributed by atoms with Crippen LogP contribution in [-0.4, -0.2) is 40.5 Å². The molecule has 0 unspecified atom stereocenters. The lowest BCUT2D eigenvalue weighted by Gasteiger charge is -2.19. The van der Waals surface area contributed by atoms with Gasteiger partial charge in [-0.25, -0.2) is 0 Å². The lowest BCUT2D eigenvalue weighted by atomic mass is 9.79. The summed E-state index contributed by atoms with van der Waals surface area (Å²) in [6.07, 6.45) is 0.749. The molecule has 0 heterocycles. The third-order valence-electron chi connectivity index (χ3n) is 2.39. The molecule has 0 radical (unpaired) electrons. The molecule has 0 aliphatic rings. The number of hydrogen-bond acceptors (Lipinski definition) is 3. The van der Waals surface area contributed by atoms with Gasteiger partial charge in [-0.3, -0.25) is 0 Å². The van der Waals surface area contributed by atoms with Crippen molar-refractivity contribution in [3.05, 3.63) is 24.3 Å². The Hall–Kier alpha value is -1.21. The topological polar surface area (TPSA) is 27.7 Å². The van der Waals surface area contributed by atoms with E-state index in [0.29, 0.717) is 13.2 Å². The summed E-state index contributed by atoms with van der Waals surface area (Å²) in [5, 5.41) is 0. The van der Waals surface area contributed by atoms with Crippen molar-refractivity contribution in [2.45, 2.75) is 6.42 Å². The summed E-state index contributed by atoms with van der Waals surface area (Å²) in [5.41, 5.74) is -0.707. The molecule has 19 heavy (non-hydrogen) atoms. The van der Waals surface area contributed by atoms with Gasteiger partial charge in [0.1, 0.15) is 6.61 Å². The highest BCUT2D eigenvalue weighted by Gasteiger charge is 2.28. The first-order valence-electron chi connectivity index (χ1n) is 6.04. The number of hydrogen-bond donors (Lipinski definition) is 0. The van der Waals surface area contributed by atoms with E-state index in [1.165, 1.54) is 18.2 Å². The largest absolute Gasteiger partial charge is 0.513 e. The highest BCUT2D eigenvalue weighted by atomic mass is 19.4. The van der Waals surface area contributed by atoms with Crippen LogP contribution in [0.4, 0.5) is 12.9 Å². The minimum atomic E-state index is -5.05. The van der Waals surface area contributed by atoms with Gasteiger partial charge in [0, 0.05) is 20.3 Å². The molecule has 0 amide bonds. The van der Waals surface area contributed by atoms with Gasteiger partial charge in [-0.1, -0.05) is 23.7 Å². The molecule has 108 valence electrons. The Bertz CT molecular complexity index is 371. The van der Waals surface area contributed by atoms with E-state index in [2.05, 4.69) is 0 Å². The minimum absolute atomic E-state index is 0.0934. The van der Waals surface area contributed by atoms with Crippen molar-refractivity contribution < 1.29 is 27.2 Å². The van der Waals surface area contributed by atoms with Crippen LogP contribution >= 0.6 is 0 Å². The van der Waals surface area contributed by atoms with Crippen molar-refractivity contribution >= 4 is 12.4 Å². The van der Waals surface area contributed by atoms with Crippen LogP contribution in [-0.2, 0) is 9.47 Å². The van der Waals surface area contributed by atoms with Gasteiger partial charge < -0.3 is 27.2 Å². The molecule has 0 aromatic heterocycles. The fraction of sp³-hybridized carbons (Fsp3) is 0.500. The summed E-state index contributed by atoms with van der Waals surface area (Å²) in [6.45, 7) is -3.61. The van der Waals surface area contributed by atoms with Gasteiger partial charge in [0.25, 0.3) is 0 Å². The van der Waals surface area contributed by atoms with Crippen LogP contribution in [0.5, 0.6) is 5.75 Å². The second-order valence-corrected chi connectivity index (χ2v) is 3.92. The number of rotatable bonds is 9. The number of benzene rings is 1. The average Bonchev–Trinajstić information content (AvgIpc) is 2.37. The van der Waals surface area contributed by atoms with E-state index in [-0.39, 0.29) is 19.0 Å². The molecule has 0 N–H and O–H groups in total. The second-order valence-electron chi connectivity index (χ2n) is 3.92. The fourth-order valence-corrected chi connectivity index (χ4v) is 1.50. The molecule has 7 heteroatoms. The summed E-state index contributed by atoms with van der Waals surface area (Å²) in [7, 11) is 1.60. The van der Waals surface area contributed by atoms with Gasteiger partial charge in [0.2, 0.25) is 0 Å². The molecule has 3 nitrogen and oxygen atoms in total. The van der Waals surface area contributed by atoms with Crippen LogP contribution in [0.3, 0.4) is 0 Å². The van der Waals surface area contributed by atoms with Gasteiger partial charge in [0.05, 0.1) is 12.4 Å². The Morgan fingerprint density at radius 2 is 1.74 bits per heavy atom. The molecule has 0 saturated carbocycles. The zero-order valence-electron chi connectivity index (χ0n) is 10.8. The number of para-hydroxylation sites is 1. The van der Waals surface area contributed by atoms with Gasteiger partial charge in [-0.05, 0) is 12.5 Å². The molecule has 0 bridgehead atoms. The third kappa shape index (κ3) is 5.98. The Morgan fingerprint density at radius 3 is 2.42 bits per heavy atom. The summed E-state index contributed by atoms with van der Waals surface area (Å²) in [4.78, 5) is 0. The van der Waals surface area contributed by atoms with Gasteiger partial charge >= 0.3 is 6.98 Å². The van der Waals surface area contributed by atoms with E-state index >= 15 is 0 Å². The molecular formula is C12H17BF3O3-. The number of halogens is 3. The average molecular weight is 277 g/mol. The van der Waals surface area contributed by atoms with Crippen molar-refractivity contribution in [3.63, 3.8) is 0 Å². The highest BCUT2D eigenvalue weighted by Crippen LogP contribution is 2.17. The van der Waals surface area contributed by atoms with Gasteiger partial charge in [-0.2, -0.15) is 0 Å². The molecular weight excluding hydrogens is 260 g/mol. The first kappa shape index (κ1) is 15.9. The maximum Gasteiger partial charge on any atom is 0.513 e. The predicted octanol–water partition coefficient (Wildman–Crippen LogP) is 2.17. The normalized spacial score (nSPS) is 11.6. The predicted molar refractivity (Wildman–Crippen MR) is 68.0 cm³/mol. The van der Waals surface area contributed by atoms with Crippen molar-refractivity contribution in [3.8, 4) is 5.75 Å². The maximum atomic E-state index is 12.7. The van der Waals surface area contributed by atoms with Crippen LogP contribution in [0.1, 0.15) is 6.42 Å². The van der Waals surface area contributed by atoms with Crippen LogP contribution in [0.2, 0.25) is 0 Å². The number of methoxy groups -OCH3 is 1. The number of ether oxygens (including phenoxy) is 3. The minimum Gasteiger partial charge on any atom is -0.494 e. The van der Waals surface area contributed by atoms with Crippen molar-refractivity contribution in [1.82, 2.24) is 0 Å². The Labute approximate surface area is 110 Å². The first-order chi connectivity index (χ1) is 9.05. The Balaban J connectivity index is 2.33. The van der Waals surface area contributed by atoms with E-state index < -0.39 is 12.4 Å². The van der Waals surface area contributed by atoms with E-state index in [1.807, 2.05) is 0 Å². The summed E-state index contributed by atoms with van der Waals surface area (Å²) >= 11 is 0. The third-order valence-corrected chi connectivity index (χ3v) is 2.39. The quantitative estimate of drug-likeness (QED) is 0.511. The van der Waals surface area contributed by atoms with Crippen LogP contribution in [0.25, 0.3) is 0 Å². The summed E-state index contributed by atoms with van der Waals surface area (Å²) in [5.74, 6) is -0.143. The summed E-state index contributed by atoms with van der Waals surface area (Å²) in [6, 6.07) is 5.20. The summed E-state index contributed by atoms with van der Waals surface area (Å²) < 4.78 is 53.2. The molecule has 1 aromatic rings. The van der Waals surface area contributed by atoms with E-state index in [9.17, 15) is 12.9 Å². The van der Waals surface area contributed by atoms with E-state index in [1.54, 1.807) is 7.11 Å². The smallest absolute Gasteiger partial charge is 0.494 e. The first-order valence-corrected chi connectivity index (χ1v) is 6.04. The maximum absolute atomic E-state index is 12.7. The van der Waals surface area contributed by atoms with Crippen LogP contribution in [0, 0.1) is 0 Å². The molecule has 0 fully saturated rings. The van der Waals surface area contributed by atoms with Crippen LogP contribution < -0.4 is 10.2 Å². The second kappa shape index (κ2) is 8.06. The van der Waals surface area contributed by atoms with Crippen LogP contribution in [0.15, 0.2) is 24.3 Å². The molecule has 1 aromatic carbocycles. The highest BCUT2D eigenvalue weighted by molar-refractivity contribution is 6.74. The molecule has 0 aliphatic carbocycles. The lowest BCUT2D eigenvalue weighted by Crippen LogP contribution is -2.35. The Morgan fingerprint density at radius 1 is 1.00 bits per heavy atom. The molecule has 0 spiro atoms. The van der Waals surface area contributed by atoms with Gasteiger partial charge in [-0.15, -0.1) is 0 Å². The molecule has 0 aliphatic heterocycles. The zero-order chi connectivity index (χ0) is 14.1. The monoisotopic (exact) mass is 277 g/mol. The van der Waals surface area contributed by atoms with Crippen molar-refractivity contribution in [2.75, 3.05) is 33.5 Å². The van der Waals surface area contributed by atoms with Gasteiger partial charge in [0.15, 0.2) is 0 Å². The van der Waals surface area contributed by atoms with Crippen molar-refractivity contribution in [2.24, 2.45) is 0 Å². The van der Waals surface area contributed by atoms with Crippen molar-refractivity contribution in [1.29, 1.82) is 0 Å². The standard InChI is InChI=1S/C12H17BF3O3/c1-17-7-4-8-18-9-10-19-12-6-3-2-5-11(12)13(14,15)16/h2-3,5-6H,4,7-10H2,1H3/q-1. The molecule has 0 atom stereocenters. The van der Waals surface area contributed by atoms with E-state index in [4.69, 9.17) is 14.2 Å². The molecule has 0 saturated heterocycles. The lowest BCUT2D eigenvalue weighted by molar-refractivity contribution is 0.0808. The van der Waals surface area contributed by atoms with E-state index in [0.717, 1.165) is 12.5 Å². The zero-order valence-corrected chi connectivity index (χ0v) is 10.8. The fourth-order valence-electron chi connectivity index (χ4n) is 1.50. The Kier molecular flexibility index (Phi) is 6.73. The molecule has 1 rings (SSSR count). The SMILES string of the molecule is COCCCOCCOc1ccccc1[B-](F)(F)F.